The van der Waals surface area contributed by atoms with Crippen molar-refractivity contribution in [1.29, 1.82) is 0 Å². The summed E-state index contributed by atoms with van der Waals surface area (Å²) in [6, 6.07) is 10.8. The van der Waals surface area contributed by atoms with Gasteiger partial charge in [0.05, 0.1) is 0 Å². The van der Waals surface area contributed by atoms with Crippen molar-refractivity contribution in [2.45, 2.75) is 32.9 Å². The standard InChI is InChI=1S/C13H20Si/c1-5-9-12(2)14(3,4)13-10-7-6-8-11-13/h6-8,10-11H,2,5,9H2,1,3-4H3. The molecule has 0 N–H and O–H groups in total. The van der Waals surface area contributed by atoms with Gasteiger partial charge in [-0.25, -0.2) is 0 Å². The van der Waals surface area contributed by atoms with Crippen molar-refractivity contribution in [3.63, 3.8) is 0 Å². The third kappa shape index (κ3) is 2.35. The molecule has 14 heavy (non-hydrogen) atoms. The van der Waals surface area contributed by atoms with Crippen molar-refractivity contribution >= 4 is 13.3 Å². The molecule has 0 nitrogen and oxygen atoms in total. The van der Waals surface area contributed by atoms with E-state index in [1.165, 1.54) is 23.2 Å². The minimum absolute atomic E-state index is 1.17. The van der Waals surface area contributed by atoms with Crippen LogP contribution in [0.5, 0.6) is 0 Å². The molecule has 0 radical (unpaired) electrons. The lowest BCUT2D eigenvalue weighted by Crippen LogP contribution is -2.43. The van der Waals surface area contributed by atoms with Gasteiger partial charge in [0.25, 0.3) is 0 Å². The van der Waals surface area contributed by atoms with Gasteiger partial charge in [0, 0.05) is 0 Å². The smallest absolute Gasteiger partial charge is 0.103 e. The quantitative estimate of drug-likeness (QED) is 0.659. The average molecular weight is 204 g/mol. The molecule has 0 atom stereocenters. The van der Waals surface area contributed by atoms with Gasteiger partial charge in [-0.3, -0.25) is 0 Å². The van der Waals surface area contributed by atoms with Crippen LogP contribution in [0.25, 0.3) is 0 Å². The lowest BCUT2D eigenvalue weighted by molar-refractivity contribution is 0.940. The highest BCUT2D eigenvalue weighted by atomic mass is 28.3. The zero-order valence-corrected chi connectivity index (χ0v) is 10.5. The molecule has 0 heterocycles. The van der Waals surface area contributed by atoms with Crippen LogP contribution in [0.1, 0.15) is 19.8 Å². The van der Waals surface area contributed by atoms with Crippen LogP contribution in [0.15, 0.2) is 42.1 Å². The van der Waals surface area contributed by atoms with Crippen LogP contribution in [0.2, 0.25) is 13.1 Å². The van der Waals surface area contributed by atoms with E-state index < -0.39 is 8.07 Å². The van der Waals surface area contributed by atoms with Crippen LogP contribution in [-0.2, 0) is 0 Å². The molecule has 0 unspecified atom stereocenters. The van der Waals surface area contributed by atoms with Gasteiger partial charge in [-0.05, 0) is 6.42 Å². The molecular formula is C13H20Si. The maximum atomic E-state index is 4.25. The van der Waals surface area contributed by atoms with E-state index in [-0.39, 0.29) is 0 Å². The van der Waals surface area contributed by atoms with Crippen LogP contribution in [-0.4, -0.2) is 8.07 Å². The van der Waals surface area contributed by atoms with Gasteiger partial charge in [0.15, 0.2) is 0 Å². The summed E-state index contributed by atoms with van der Waals surface area (Å²) in [5.74, 6) is 0. The van der Waals surface area contributed by atoms with E-state index in [1.807, 2.05) is 0 Å². The Kier molecular flexibility index (Phi) is 3.70. The molecule has 76 valence electrons. The molecule has 0 aliphatic carbocycles. The third-order valence-corrected chi connectivity index (χ3v) is 6.73. The van der Waals surface area contributed by atoms with Gasteiger partial charge in [-0.2, -0.15) is 0 Å². The summed E-state index contributed by atoms with van der Waals surface area (Å²) < 4.78 is 0. The van der Waals surface area contributed by atoms with Gasteiger partial charge in [0.2, 0.25) is 0 Å². The van der Waals surface area contributed by atoms with Crippen LogP contribution in [0.3, 0.4) is 0 Å². The Balaban J connectivity index is 2.90. The van der Waals surface area contributed by atoms with Crippen LogP contribution in [0.4, 0.5) is 0 Å². The molecule has 1 rings (SSSR count). The molecule has 1 heteroatoms. The highest BCUT2D eigenvalue weighted by Crippen LogP contribution is 2.17. The first-order valence-corrected chi connectivity index (χ1v) is 8.32. The fourth-order valence-corrected chi connectivity index (χ4v) is 3.98. The molecule has 0 saturated carbocycles. The summed E-state index contributed by atoms with van der Waals surface area (Å²) in [4.78, 5) is 0. The van der Waals surface area contributed by atoms with Gasteiger partial charge in [-0.1, -0.05) is 67.2 Å². The molecular weight excluding hydrogens is 184 g/mol. The Bertz CT molecular complexity index is 298. The van der Waals surface area contributed by atoms with Crippen molar-refractivity contribution in [3.8, 4) is 0 Å². The molecule has 0 fully saturated rings. The van der Waals surface area contributed by atoms with Crippen molar-refractivity contribution in [2.24, 2.45) is 0 Å². The molecule has 0 amide bonds. The molecule has 0 bridgehead atoms. The van der Waals surface area contributed by atoms with Gasteiger partial charge in [-0.15, -0.1) is 6.58 Å². The summed E-state index contributed by atoms with van der Waals surface area (Å²) in [6.45, 7) is 11.3. The molecule has 0 spiro atoms. The first kappa shape index (κ1) is 11.3. The van der Waals surface area contributed by atoms with E-state index >= 15 is 0 Å². The topological polar surface area (TPSA) is 0 Å². The van der Waals surface area contributed by atoms with E-state index in [1.54, 1.807) is 0 Å². The van der Waals surface area contributed by atoms with E-state index in [0.717, 1.165) is 0 Å². The SMILES string of the molecule is C=C(CCC)[Si](C)(C)c1ccccc1. The minimum atomic E-state index is -1.40. The second kappa shape index (κ2) is 4.60. The second-order valence-electron chi connectivity index (χ2n) is 4.34. The van der Waals surface area contributed by atoms with Crippen LogP contribution < -0.4 is 5.19 Å². The van der Waals surface area contributed by atoms with E-state index in [0.29, 0.717) is 0 Å². The normalized spacial score (nSPS) is 11.4. The first-order valence-electron chi connectivity index (χ1n) is 5.32. The average Bonchev–Trinajstić information content (AvgIpc) is 2.19. The summed E-state index contributed by atoms with van der Waals surface area (Å²) in [7, 11) is -1.40. The molecule has 0 aliphatic heterocycles. The van der Waals surface area contributed by atoms with Crippen molar-refractivity contribution in [3.05, 3.63) is 42.1 Å². The van der Waals surface area contributed by atoms with E-state index in [9.17, 15) is 0 Å². The summed E-state index contributed by atoms with van der Waals surface area (Å²) in [5, 5.41) is 2.96. The highest BCUT2D eigenvalue weighted by Gasteiger charge is 2.25. The summed E-state index contributed by atoms with van der Waals surface area (Å²) in [5.41, 5.74) is 0. The largest absolute Gasteiger partial charge is 0.106 e. The van der Waals surface area contributed by atoms with E-state index in [2.05, 4.69) is 56.9 Å². The van der Waals surface area contributed by atoms with Gasteiger partial charge >= 0.3 is 0 Å². The Morgan fingerprint density at radius 1 is 1.21 bits per heavy atom. The predicted octanol–water partition coefficient (Wildman–Crippen LogP) is 3.50. The van der Waals surface area contributed by atoms with Gasteiger partial charge in [0.1, 0.15) is 8.07 Å². The van der Waals surface area contributed by atoms with Gasteiger partial charge < -0.3 is 0 Å². The lowest BCUT2D eigenvalue weighted by Gasteiger charge is -2.25. The Morgan fingerprint density at radius 3 is 2.29 bits per heavy atom. The van der Waals surface area contributed by atoms with Crippen LogP contribution in [0, 0.1) is 0 Å². The fraction of sp³-hybridized carbons (Fsp3) is 0.385. The lowest BCUT2D eigenvalue weighted by atomic mass is 10.3. The summed E-state index contributed by atoms with van der Waals surface area (Å²) >= 11 is 0. The Morgan fingerprint density at radius 2 is 1.79 bits per heavy atom. The fourth-order valence-electron chi connectivity index (χ4n) is 1.67. The molecule has 0 saturated heterocycles. The molecule has 1 aromatic carbocycles. The molecule has 0 aromatic heterocycles. The zero-order chi connectivity index (χ0) is 10.6. The maximum absolute atomic E-state index is 4.25. The highest BCUT2D eigenvalue weighted by molar-refractivity contribution is 6.95. The Labute approximate surface area is 88.7 Å². The molecule has 1 aromatic rings. The number of hydrogen-bond donors (Lipinski definition) is 0. The van der Waals surface area contributed by atoms with E-state index in [4.69, 9.17) is 0 Å². The summed E-state index contributed by atoms with van der Waals surface area (Å²) in [6.07, 6.45) is 2.39. The monoisotopic (exact) mass is 204 g/mol. The first-order chi connectivity index (χ1) is 6.59. The van der Waals surface area contributed by atoms with Crippen molar-refractivity contribution in [1.82, 2.24) is 0 Å². The zero-order valence-electron chi connectivity index (χ0n) is 9.51. The maximum Gasteiger partial charge on any atom is 0.106 e. The minimum Gasteiger partial charge on any atom is -0.103 e. The number of allylic oxidation sites excluding steroid dienone is 1. The van der Waals surface area contributed by atoms with Crippen molar-refractivity contribution in [2.75, 3.05) is 0 Å². The van der Waals surface area contributed by atoms with Crippen molar-refractivity contribution < 1.29 is 0 Å². The number of rotatable bonds is 4. The molecule has 0 aliphatic rings. The predicted molar refractivity (Wildman–Crippen MR) is 67.6 cm³/mol. The Hall–Kier alpha value is -0.823. The third-order valence-electron chi connectivity index (χ3n) is 2.93. The number of benzene rings is 1. The second-order valence-corrected chi connectivity index (χ2v) is 8.88. The van der Waals surface area contributed by atoms with Crippen LogP contribution >= 0.6 is 0 Å². The number of hydrogen-bond acceptors (Lipinski definition) is 0.